The van der Waals surface area contributed by atoms with Crippen LogP contribution in [0, 0.1) is 23.2 Å². The third-order valence-corrected chi connectivity index (χ3v) is 5.92. The number of amides is 1. The van der Waals surface area contributed by atoms with Gasteiger partial charge in [0.2, 0.25) is 5.91 Å². The van der Waals surface area contributed by atoms with E-state index >= 15 is 0 Å². The van der Waals surface area contributed by atoms with Crippen molar-refractivity contribution in [1.29, 1.82) is 0 Å². The molecule has 0 heterocycles. The van der Waals surface area contributed by atoms with E-state index in [4.69, 9.17) is 5.73 Å². The van der Waals surface area contributed by atoms with Crippen LogP contribution in [0.25, 0.3) is 0 Å². The van der Waals surface area contributed by atoms with Gasteiger partial charge in [-0.05, 0) is 74.0 Å². The lowest BCUT2D eigenvalue weighted by atomic mass is 9.49. The van der Waals surface area contributed by atoms with E-state index in [-0.39, 0.29) is 5.41 Å². The molecular formula is C18H24N2O. The van der Waals surface area contributed by atoms with Crippen LogP contribution < -0.4 is 11.1 Å². The van der Waals surface area contributed by atoms with Gasteiger partial charge in [0, 0.05) is 17.6 Å². The molecule has 0 radical (unpaired) electrons. The Morgan fingerprint density at radius 1 is 1.14 bits per heavy atom. The van der Waals surface area contributed by atoms with Crippen LogP contribution >= 0.6 is 0 Å². The molecule has 112 valence electrons. The van der Waals surface area contributed by atoms with Crippen molar-refractivity contribution >= 4 is 11.6 Å². The molecule has 3 nitrogen and oxygen atoms in total. The molecular weight excluding hydrogens is 260 g/mol. The van der Waals surface area contributed by atoms with Crippen molar-refractivity contribution in [2.75, 3.05) is 5.73 Å². The van der Waals surface area contributed by atoms with Crippen molar-refractivity contribution in [3.63, 3.8) is 0 Å². The highest BCUT2D eigenvalue weighted by molar-refractivity contribution is 5.83. The minimum Gasteiger partial charge on any atom is -0.399 e. The molecule has 1 aromatic carbocycles. The summed E-state index contributed by atoms with van der Waals surface area (Å²) in [5.41, 5.74) is 7.60. The first-order chi connectivity index (χ1) is 10.1. The van der Waals surface area contributed by atoms with Gasteiger partial charge >= 0.3 is 0 Å². The molecule has 5 rings (SSSR count). The van der Waals surface area contributed by atoms with Crippen LogP contribution in [0.2, 0.25) is 0 Å². The molecule has 4 aliphatic rings. The Kier molecular flexibility index (Phi) is 2.98. The second-order valence-corrected chi connectivity index (χ2v) is 7.63. The van der Waals surface area contributed by atoms with Crippen LogP contribution in [-0.4, -0.2) is 5.91 Å². The molecule has 4 fully saturated rings. The number of rotatable bonds is 3. The molecule has 0 aliphatic heterocycles. The highest BCUT2D eigenvalue weighted by Crippen LogP contribution is 2.60. The summed E-state index contributed by atoms with van der Waals surface area (Å²) >= 11 is 0. The topological polar surface area (TPSA) is 55.1 Å². The summed E-state index contributed by atoms with van der Waals surface area (Å²) in [6, 6.07) is 7.79. The average Bonchev–Trinajstić information content (AvgIpc) is 2.43. The van der Waals surface area contributed by atoms with Gasteiger partial charge in [-0.3, -0.25) is 4.79 Å². The van der Waals surface area contributed by atoms with Crippen LogP contribution in [0.15, 0.2) is 24.3 Å². The fraction of sp³-hybridized carbons (Fsp3) is 0.611. The lowest BCUT2D eigenvalue weighted by molar-refractivity contribution is -0.146. The Hall–Kier alpha value is -1.51. The van der Waals surface area contributed by atoms with Crippen LogP contribution in [0.4, 0.5) is 5.69 Å². The molecule has 0 saturated heterocycles. The van der Waals surface area contributed by atoms with E-state index in [1.807, 2.05) is 24.3 Å². The van der Waals surface area contributed by atoms with Gasteiger partial charge in [0.25, 0.3) is 0 Å². The fourth-order valence-corrected chi connectivity index (χ4v) is 5.46. The quantitative estimate of drug-likeness (QED) is 0.838. The number of hydrogen-bond acceptors (Lipinski definition) is 2. The Labute approximate surface area is 126 Å². The summed E-state index contributed by atoms with van der Waals surface area (Å²) in [7, 11) is 0. The van der Waals surface area contributed by atoms with Crippen molar-refractivity contribution in [3.05, 3.63) is 29.8 Å². The van der Waals surface area contributed by atoms with Gasteiger partial charge in [-0.15, -0.1) is 0 Å². The van der Waals surface area contributed by atoms with Crippen molar-refractivity contribution in [2.24, 2.45) is 23.2 Å². The van der Waals surface area contributed by atoms with Crippen LogP contribution in [0.3, 0.4) is 0 Å². The predicted octanol–water partition coefficient (Wildman–Crippen LogP) is 3.10. The average molecular weight is 284 g/mol. The van der Waals surface area contributed by atoms with Gasteiger partial charge in [0.05, 0.1) is 0 Å². The van der Waals surface area contributed by atoms with Crippen LogP contribution in [0.1, 0.15) is 44.1 Å². The van der Waals surface area contributed by atoms with Gasteiger partial charge < -0.3 is 11.1 Å². The largest absolute Gasteiger partial charge is 0.399 e. The molecule has 4 bridgehead atoms. The van der Waals surface area contributed by atoms with Crippen LogP contribution in [-0.2, 0) is 11.3 Å². The zero-order chi connectivity index (χ0) is 14.4. The number of benzene rings is 1. The number of nitrogen functional groups attached to an aromatic ring is 1. The molecule has 3 heteroatoms. The monoisotopic (exact) mass is 284 g/mol. The maximum absolute atomic E-state index is 12.8. The maximum Gasteiger partial charge on any atom is 0.226 e. The first kappa shape index (κ1) is 13.2. The Bertz CT molecular complexity index is 531. The van der Waals surface area contributed by atoms with E-state index in [9.17, 15) is 4.79 Å². The minimum absolute atomic E-state index is 0.0466. The summed E-state index contributed by atoms with van der Waals surface area (Å²) in [5, 5.41) is 3.19. The Morgan fingerprint density at radius 2 is 1.76 bits per heavy atom. The standard InChI is InChI=1S/C18H24N2O/c19-16-3-1-2-12(7-16)11-20-17(21)18-8-13-4-14(9-18)6-15(5-13)10-18/h1-3,7,13-15H,4-6,8-11,19H2,(H,20,21). The molecule has 0 spiro atoms. The number of anilines is 1. The molecule has 4 aliphatic carbocycles. The highest BCUT2D eigenvalue weighted by atomic mass is 16.2. The lowest BCUT2D eigenvalue weighted by Crippen LogP contribution is -2.53. The minimum atomic E-state index is -0.0466. The molecule has 21 heavy (non-hydrogen) atoms. The third-order valence-electron chi connectivity index (χ3n) is 5.92. The molecule has 0 unspecified atom stereocenters. The zero-order valence-corrected chi connectivity index (χ0v) is 12.5. The van der Waals surface area contributed by atoms with E-state index in [0.29, 0.717) is 12.5 Å². The molecule has 0 aromatic heterocycles. The number of hydrogen-bond donors (Lipinski definition) is 2. The third kappa shape index (κ3) is 2.33. The normalized spacial score (nSPS) is 36.7. The molecule has 4 saturated carbocycles. The molecule has 1 aromatic rings. The summed E-state index contributed by atoms with van der Waals surface area (Å²) < 4.78 is 0. The summed E-state index contributed by atoms with van der Waals surface area (Å²) in [4.78, 5) is 12.8. The first-order valence-corrected chi connectivity index (χ1v) is 8.26. The number of carbonyl (C=O) groups excluding carboxylic acids is 1. The second kappa shape index (κ2) is 4.75. The van der Waals surface area contributed by atoms with Crippen molar-refractivity contribution in [3.8, 4) is 0 Å². The van der Waals surface area contributed by atoms with Crippen LogP contribution in [0.5, 0.6) is 0 Å². The van der Waals surface area contributed by atoms with E-state index in [2.05, 4.69) is 5.32 Å². The number of carbonyl (C=O) groups is 1. The molecule has 1 amide bonds. The van der Waals surface area contributed by atoms with Gasteiger partial charge in [0.1, 0.15) is 0 Å². The molecule has 3 N–H and O–H groups in total. The number of nitrogens with two attached hydrogens (primary N) is 1. The van der Waals surface area contributed by atoms with E-state index < -0.39 is 0 Å². The van der Waals surface area contributed by atoms with Crippen molar-refractivity contribution < 1.29 is 4.79 Å². The van der Waals surface area contributed by atoms with Crippen molar-refractivity contribution in [2.45, 2.75) is 45.1 Å². The summed E-state index contributed by atoms with van der Waals surface area (Å²) in [6.45, 7) is 0.603. The van der Waals surface area contributed by atoms with Gasteiger partial charge in [-0.1, -0.05) is 12.1 Å². The highest BCUT2D eigenvalue weighted by Gasteiger charge is 2.54. The SMILES string of the molecule is Nc1cccc(CNC(=O)C23CC4CC(CC(C4)C2)C3)c1. The Balaban J connectivity index is 1.45. The van der Waals surface area contributed by atoms with Gasteiger partial charge in [-0.2, -0.15) is 0 Å². The smallest absolute Gasteiger partial charge is 0.226 e. The first-order valence-electron chi connectivity index (χ1n) is 8.26. The predicted molar refractivity (Wildman–Crippen MR) is 83.3 cm³/mol. The second-order valence-electron chi connectivity index (χ2n) is 7.63. The van der Waals surface area contributed by atoms with Gasteiger partial charge in [-0.25, -0.2) is 0 Å². The van der Waals surface area contributed by atoms with E-state index in [1.165, 1.54) is 19.3 Å². The number of nitrogens with one attached hydrogen (secondary N) is 1. The maximum atomic E-state index is 12.8. The fourth-order valence-electron chi connectivity index (χ4n) is 5.46. The summed E-state index contributed by atoms with van der Waals surface area (Å²) in [6.07, 6.45) is 7.51. The zero-order valence-electron chi connectivity index (χ0n) is 12.5. The van der Waals surface area contributed by atoms with E-state index in [0.717, 1.165) is 48.3 Å². The molecule has 0 atom stereocenters. The lowest BCUT2D eigenvalue weighted by Gasteiger charge is -2.55. The van der Waals surface area contributed by atoms with E-state index in [1.54, 1.807) is 0 Å². The Morgan fingerprint density at radius 3 is 2.33 bits per heavy atom. The van der Waals surface area contributed by atoms with Gasteiger partial charge in [0.15, 0.2) is 0 Å². The van der Waals surface area contributed by atoms with Crippen molar-refractivity contribution in [1.82, 2.24) is 5.32 Å². The summed E-state index contributed by atoms with van der Waals surface area (Å²) in [5.74, 6) is 2.74.